The monoisotopic (exact) mass is 195 g/mol. The predicted molar refractivity (Wildman–Crippen MR) is 51.6 cm³/mol. The number of carbonyl (C=O) groups is 1. The molecule has 1 unspecified atom stereocenters. The number of ether oxygens (including phenoxy) is 1. The molecule has 0 spiro atoms. The van der Waals surface area contributed by atoms with Crippen molar-refractivity contribution in [2.75, 3.05) is 7.11 Å². The third kappa shape index (κ3) is 2.02. The van der Waals surface area contributed by atoms with E-state index in [1.165, 1.54) is 13.3 Å². The van der Waals surface area contributed by atoms with Gasteiger partial charge >= 0.3 is 5.97 Å². The molecule has 0 saturated heterocycles. The molecule has 4 heteroatoms. The van der Waals surface area contributed by atoms with Crippen LogP contribution in [0.15, 0.2) is 12.3 Å². The molecule has 1 N–H and O–H groups in total. The Morgan fingerprint density at radius 3 is 2.71 bits per heavy atom. The fourth-order valence-corrected chi connectivity index (χ4v) is 1.18. The molecule has 1 atom stereocenters. The van der Waals surface area contributed by atoms with Crippen molar-refractivity contribution >= 4 is 5.97 Å². The molecule has 0 radical (unpaired) electrons. The van der Waals surface area contributed by atoms with Crippen LogP contribution in [0.25, 0.3) is 0 Å². The quantitative estimate of drug-likeness (QED) is 0.795. The Hall–Kier alpha value is -1.58. The summed E-state index contributed by atoms with van der Waals surface area (Å²) in [5.74, 6) is -0.852. The summed E-state index contributed by atoms with van der Waals surface area (Å²) in [6.45, 7) is 3.47. The lowest BCUT2D eigenvalue weighted by atomic mass is 10.0. The molecule has 0 fully saturated rings. The lowest BCUT2D eigenvalue weighted by Crippen LogP contribution is -2.08. The van der Waals surface area contributed by atoms with E-state index >= 15 is 0 Å². The molecule has 4 nitrogen and oxygen atoms in total. The van der Waals surface area contributed by atoms with Gasteiger partial charge in [-0.05, 0) is 25.5 Å². The average molecular weight is 195 g/mol. The number of hydrogen-bond donors (Lipinski definition) is 1. The first kappa shape index (κ1) is 10.5. The molecule has 0 aliphatic rings. The van der Waals surface area contributed by atoms with E-state index in [1.807, 2.05) is 6.92 Å². The third-order valence-electron chi connectivity index (χ3n) is 2.12. The SMILES string of the molecule is COc1ncc(C(C)C(=O)O)cc1C. The van der Waals surface area contributed by atoms with E-state index in [-0.39, 0.29) is 0 Å². The minimum atomic E-state index is -0.851. The molecule has 1 aromatic rings. The highest BCUT2D eigenvalue weighted by molar-refractivity contribution is 5.75. The van der Waals surface area contributed by atoms with E-state index in [0.717, 1.165) is 5.56 Å². The average Bonchev–Trinajstić information content (AvgIpc) is 2.16. The van der Waals surface area contributed by atoms with Crippen LogP contribution in [0, 0.1) is 6.92 Å². The minimum absolute atomic E-state index is 0.534. The summed E-state index contributed by atoms with van der Waals surface area (Å²) in [5, 5.41) is 8.79. The highest BCUT2D eigenvalue weighted by Gasteiger charge is 2.15. The number of aryl methyl sites for hydroxylation is 1. The molecule has 0 saturated carbocycles. The Balaban J connectivity index is 3.02. The molecule has 0 aliphatic heterocycles. The summed E-state index contributed by atoms with van der Waals surface area (Å²) in [5.41, 5.74) is 1.54. The van der Waals surface area contributed by atoms with Crippen molar-refractivity contribution in [3.05, 3.63) is 23.4 Å². The van der Waals surface area contributed by atoms with Gasteiger partial charge < -0.3 is 9.84 Å². The van der Waals surface area contributed by atoms with Gasteiger partial charge in [0.15, 0.2) is 0 Å². The molecule has 0 aromatic carbocycles. The topological polar surface area (TPSA) is 59.4 Å². The van der Waals surface area contributed by atoms with Gasteiger partial charge in [0.25, 0.3) is 0 Å². The smallest absolute Gasteiger partial charge is 0.310 e. The van der Waals surface area contributed by atoms with Crippen molar-refractivity contribution in [3.8, 4) is 5.88 Å². The van der Waals surface area contributed by atoms with Crippen LogP contribution in [0.3, 0.4) is 0 Å². The second kappa shape index (κ2) is 4.09. The molecule has 76 valence electrons. The van der Waals surface area contributed by atoms with Crippen molar-refractivity contribution in [2.24, 2.45) is 0 Å². The second-order valence-corrected chi connectivity index (χ2v) is 3.15. The van der Waals surface area contributed by atoms with E-state index in [4.69, 9.17) is 9.84 Å². The zero-order valence-corrected chi connectivity index (χ0v) is 8.44. The number of pyridine rings is 1. The molecular formula is C10H13NO3. The fraction of sp³-hybridized carbons (Fsp3) is 0.400. The summed E-state index contributed by atoms with van der Waals surface area (Å²) >= 11 is 0. The van der Waals surface area contributed by atoms with Crippen LogP contribution in [-0.4, -0.2) is 23.2 Å². The fourth-order valence-electron chi connectivity index (χ4n) is 1.18. The molecule has 0 amide bonds. The van der Waals surface area contributed by atoms with Crippen LogP contribution in [0.1, 0.15) is 24.0 Å². The molecule has 1 rings (SSSR count). The molecule has 1 aromatic heterocycles. The summed E-state index contributed by atoms with van der Waals surface area (Å²) in [6.07, 6.45) is 1.53. The second-order valence-electron chi connectivity index (χ2n) is 3.15. The Kier molecular flexibility index (Phi) is 3.06. The van der Waals surface area contributed by atoms with Crippen molar-refractivity contribution in [1.82, 2.24) is 4.98 Å². The number of carboxylic acid groups (broad SMARTS) is 1. The van der Waals surface area contributed by atoms with Crippen LogP contribution in [0.2, 0.25) is 0 Å². The Morgan fingerprint density at radius 2 is 2.29 bits per heavy atom. The maximum atomic E-state index is 10.7. The minimum Gasteiger partial charge on any atom is -0.481 e. The normalized spacial score (nSPS) is 12.2. The Morgan fingerprint density at radius 1 is 1.64 bits per heavy atom. The lowest BCUT2D eigenvalue weighted by molar-refractivity contribution is -0.138. The summed E-state index contributed by atoms with van der Waals surface area (Å²) in [7, 11) is 1.54. The summed E-state index contributed by atoms with van der Waals surface area (Å²) in [6, 6.07) is 1.78. The molecule has 1 heterocycles. The van der Waals surface area contributed by atoms with Gasteiger partial charge in [-0.15, -0.1) is 0 Å². The van der Waals surface area contributed by atoms with Gasteiger partial charge in [-0.25, -0.2) is 4.98 Å². The van der Waals surface area contributed by atoms with E-state index in [1.54, 1.807) is 13.0 Å². The number of methoxy groups -OCH3 is 1. The highest BCUT2D eigenvalue weighted by Crippen LogP contribution is 2.20. The molecule has 0 bridgehead atoms. The van der Waals surface area contributed by atoms with E-state index in [0.29, 0.717) is 11.4 Å². The van der Waals surface area contributed by atoms with E-state index < -0.39 is 11.9 Å². The number of carboxylic acids is 1. The molecular weight excluding hydrogens is 182 g/mol. The third-order valence-corrected chi connectivity index (χ3v) is 2.12. The summed E-state index contributed by atoms with van der Waals surface area (Å²) in [4.78, 5) is 14.7. The number of aromatic nitrogens is 1. The predicted octanol–water partition coefficient (Wildman–Crippen LogP) is 1.59. The first-order chi connectivity index (χ1) is 6.56. The van der Waals surface area contributed by atoms with Gasteiger partial charge in [-0.2, -0.15) is 0 Å². The number of aliphatic carboxylic acids is 1. The molecule has 14 heavy (non-hydrogen) atoms. The van der Waals surface area contributed by atoms with Gasteiger partial charge in [-0.3, -0.25) is 4.79 Å². The zero-order valence-electron chi connectivity index (χ0n) is 8.44. The molecule has 0 aliphatic carbocycles. The number of rotatable bonds is 3. The van der Waals surface area contributed by atoms with Crippen molar-refractivity contribution < 1.29 is 14.6 Å². The van der Waals surface area contributed by atoms with E-state index in [2.05, 4.69) is 4.98 Å². The first-order valence-electron chi connectivity index (χ1n) is 4.29. The van der Waals surface area contributed by atoms with Crippen LogP contribution < -0.4 is 4.74 Å². The van der Waals surface area contributed by atoms with E-state index in [9.17, 15) is 4.79 Å². The highest BCUT2D eigenvalue weighted by atomic mass is 16.5. The van der Waals surface area contributed by atoms with Gasteiger partial charge in [0.2, 0.25) is 5.88 Å². The number of nitrogens with zero attached hydrogens (tertiary/aromatic N) is 1. The largest absolute Gasteiger partial charge is 0.481 e. The van der Waals surface area contributed by atoms with Gasteiger partial charge in [-0.1, -0.05) is 0 Å². The standard InChI is InChI=1S/C10H13NO3/c1-6-4-8(7(2)10(12)13)5-11-9(6)14-3/h4-5,7H,1-3H3,(H,12,13). The maximum Gasteiger partial charge on any atom is 0.310 e. The number of hydrogen-bond acceptors (Lipinski definition) is 3. The maximum absolute atomic E-state index is 10.7. The van der Waals surface area contributed by atoms with Gasteiger partial charge in [0, 0.05) is 11.8 Å². The van der Waals surface area contributed by atoms with Crippen LogP contribution in [0.5, 0.6) is 5.88 Å². The van der Waals surface area contributed by atoms with Crippen molar-refractivity contribution in [2.45, 2.75) is 19.8 Å². The van der Waals surface area contributed by atoms with Gasteiger partial charge in [0.05, 0.1) is 13.0 Å². The Bertz CT molecular complexity index is 349. The lowest BCUT2D eigenvalue weighted by Gasteiger charge is -2.08. The summed E-state index contributed by atoms with van der Waals surface area (Å²) < 4.78 is 4.98. The van der Waals surface area contributed by atoms with Crippen LogP contribution >= 0.6 is 0 Å². The van der Waals surface area contributed by atoms with Crippen molar-refractivity contribution in [3.63, 3.8) is 0 Å². The Labute approximate surface area is 82.5 Å². The van der Waals surface area contributed by atoms with Crippen molar-refractivity contribution in [1.29, 1.82) is 0 Å². The zero-order chi connectivity index (χ0) is 10.7. The van der Waals surface area contributed by atoms with Crippen LogP contribution in [-0.2, 0) is 4.79 Å². The van der Waals surface area contributed by atoms with Crippen LogP contribution in [0.4, 0.5) is 0 Å². The van der Waals surface area contributed by atoms with Gasteiger partial charge in [0.1, 0.15) is 0 Å². The first-order valence-corrected chi connectivity index (χ1v) is 4.29.